The molecule has 1 aromatic heterocycles. The Morgan fingerprint density at radius 3 is 2.70 bits per heavy atom. The number of anilines is 2. The van der Waals surface area contributed by atoms with Gasteiger partial charge in [-0.05, 0) is 42.4 Å². The summed E-state index contributed by atoms with van der Waals surface area (Å²) in [6, 6.07) is 0.466. The van der Waals surface area contributed by atoms with E-state index in [2.05, 4.69) is 43.0 Å². The van der Waals surface area contributed by atoms with E-state index in [9.17, 15) is 0 Å². The minimum Gasteiger partial charge on any atom is -0.383 e. The molecule has 3 rings (SSSR count). The lowest BCUT2D eigenvalue weighted by Gasteiger charge is -2.43. The molecule has 2 saturated carbocycles. The van der Waals surface area contributed by atoms with Crippen LogP contribution in [0.1, 0.15) is 52.5 Å². The predicted molar refractivity (Wildman–Crippen MR) is 82.5 cm³/mol. The van der Waals surface area contributed by atoms with Crippen molar-refractivity contribution in [3.63, 3.8) is 0 Å². The van der Waals surface area contributed by atoms with Crippen LogP contribution in [0, 0.1) is 16.7 Å². The molecule has 4 heteroatoms. The summed E-state index contributed by atoms with van der Waals surface area (Å²) >= 11 is 0. The van der Waals surface area contributed by atoms with E-state index in [-0.39, 0.29) is 0 Å². The highest BCUT2D eigenvalue weighted by atomic mass is 15.1. The van der Waals surface area contributed by atoms with Crippen LogP contribution in [-0.2, 0) is 6.42 Å². The third kappa shape index (κ3) is 1.80. The van der Waals surface area contributed by atoms with Crippen LogP contribution < -0.4 is 11.1 Å². The SMILES string of the molecule is CCc1c(N)ncnc1NC1C2(C)CCC(C2)C1(C)C. The van der Waals surface area contributed by atoms with Gasteiger partial charge in [0.15, 0.2) is 0 Å². The van der Waals surface area contributed by atoms with E-state index in [0.717, 1.165) is 23.7 Å². The van der Waals surface area contributed by atoms with Crippen molar-refractivity contribution in [2.45, 2.75) is 59.4 Å². The molecule has 110 valence electrons. The summed E-state index contributed by atoms with van der Waals surface area (Å²) in [5.74, 6) is 2.37. The Morgan fingerprint density at radius 2 is 2.10 bits per heavy atom. The molecule has 0 radical (unpaired) electrons. The van der Waals surface area contributed by atoms with Crippen molar-refractivity contribution in [3.05, 3.63) is 11.9 Å². The molecular weight excluding hydrogens is 248 g/mol. The number of rotatable bonds is 3. The summed E-state index contributed by atoms with van der Waals surface area (Å²) in [6.45, 7) is 9.33. The summed E-state index contributed by atoms with van der Waals surface area (Å²) in [6.07, 6.45) is 6.45. The molecule has 0 amide bonds. The molecule has 0 aromatic carbocycles. The zero-order valence-electron chi connectivity index (χ0n) is 13.0. The van der Waals surface area contributed by atoms with E-state index in [4.69, 9.17) is 5.73 Å². The topological polar surface area (TPSA) is 63.8 Å². The summed E-state index contributed by atoms with van der Waals surface area (Å²) in [4.78, 5) is 8.57. The first-order valence-corrected chi connectivity index (χ1v) is 7.74. The zero-order chi connectivity index (χ0) is 14.5. The van der Waals surface area contributed by atoms with Gasteiger partial charge in [-0.15, -0.1) is 0 Å². The second-order valence-corrected chi connectivity index (χ2v) is 7.43. The highest BCUT2D eigenvalue weighted by molar-refractivity contribution is 5.56. The largest absolute Gasteiger partial charge is 0.383 e. The number of hydrogen-bond donors (Lipinski definition) is 2. The molecule has 3 atom stereocenters. The molecule has 0 spiro atoms. The quantitative estimate of drug-likeness (QED) is 0.888. The van der Waals surface area contributed by atoms with Gasteiger partial charge in [-0.2, -0.15) is 0 Å². The van der Waals surface area contributed by atoms with Gasteiger partial charge in [0.25, 0.3) is 0 Å². The highest BCUT2D eigenvalue weighted by Crippen LogP contribution is 2.63. The first-order chi connectivity index (χ1) is 9.38. The Hall–Kier alpha value is -1.32. The van der Waals surface area contributed by atoms with Crippen LogP contribution in [0.5, 0.6) is 0 Å². The second kappa shape index (κ2) is 4.34. The number of nitrogens with one attached hydrogen (secondary N) is 1. The van der Waals surface area contributed by atoms with Crippen LogP contribution in [0.2, 0.25) is 0 Å². The summed E-state index contributed by atoms with van der Waals surface area (Å²) in [5, 5.41) is 3.73. The number of hydrogen-bond acceptors (Lipinski definition) is 4. The molecule has 0 aliphatic heterocycles. The van der Waals surface area contributed by atoms with E-state index in [1.807, 2.05) is 0 Å². The second-order valence-electron chi connectivity index (χ2n) is 7.43. The van der Waals surface area contributed by atoms with Gasteiger partial charge in [-0.1, -0.05) is 27.7 Å². The number of nitrogens with two attached hydrogens (primary N) is 1. The van der Waals surface area contributed by atoms with E-state index >= 15 is 0 Å². The molecule has 4 nitrogen and oxygen atoms in total. The molecule has 1 aromatic rings. The molecule has 2 aliphatic carbocycles. The molecule has 20 heavy (non-hydrogen) atoms. The van der Waals surface area contributed by atoms with Crippen molar-refractivity contribution in [1.82, 2.24) is 9.97 Å². The van der Waals surface area contributed by atoms with Gasteiger partial charge >= 0.3 is 0 Å². The van der Waals surface area contributed by atoms with Gasteiger partial charge in [0.2, 0.25) is 0 Å². The van der Waals surface area contributed by atoms with Crippen molar-refractivity contribution in [2.75, 3.05) is 11.1 Å². The van der Waals surface area contributed by atoms with Crippen LogP contribution in [0.4, 0.5) is 11.6 Å². The smallest absolute Gasteiger partial charge is 0.134 e. The first-order valence-electron chi connectivity index (χ1n) is 7.74. The minimum atomic E-state index is 0.317. The molecule has 1 heterocycles. The number of nitrogen functional groups attached to an aromatic ring is 1. The van der Waals surface area contributed by atoms with Crippen LogP contribution in [0.15, 0.2) is 6.33 Å². The molecule has 0 saturated heterocycles. The minimum absolute atomic E-state index is 0.317. The number of nitrogens with zero attached hydrogens (tertiary/aromatic N) is 2. The molecular formula is C16H26N4. The van der Waals surface area contributed by atoms with Gasteiger partial charge in [-0.3, -0.25) is 0 Å². The fourth-order valence-corrected chi connectivity index (χ4v) is 4.70. The Labute approximate surface area is 121 Å². The predicted octanol–water partition coefficient (Wildman–Crippen LogP) is 3.25. The standard InChI is InChI=1S/C16H26N4/c1-5-11-12(17)18-9-19-13(11)20-14-15(2,3)10-6-7-16(14,4)8-10/h9-10,14H,5-8H2,1-4H3,(H3,17,18,19,20). The van der Waals surface area contributed by atoms with E-state index in [0.29, 0.717) is 22.7 Å². The molecule has 3 unspecified atom stereocenters. The third-order valence-corrected chi connectivity index (χ3v) is 5.88. The van der Waals surface area contributed by atoms with Crippen molar-refractivity contribution in [2.24, 2.45) is 16.7 Å². The molecule has 2 bridgehead atoms. The van der Waals surface area contributed by atoms with Gasteiger partial charge in [0.1, 0.15) is 18.0 Å². The Kier molecular flexibility index (Phi) is 2.96. The maximum absolute atomic E-state index is 5.99. The van der Waals surface area contributed by atoms with Crippen LogP contribution >= 0.6 is 0 Å². The van der Waals surface area contributed by atoms with E-state index < -0.39 is 0 Å². The van der Waals surface area contributed by atoms with Gasteiger partial charge in [0.05, 0.1) is 0 Å². The van der Waals surface area contributed by atoms with Crippen LogP contribution in [-0.4, -0.2) is 16.0 Å². The Bertz CT molecular complexity index is 520. The van der Waals surface area contributed by atoms with Crippen LogP contribution in [0.3, 0.4) is 0 Å². The van der Waals surface area contributed by atoms with Crippen molar-refractivity contribution in [3.8, 4) is 0 Å². The Balaban J connectivity index is 1.94. The molecule has 2 fully saturated rings. The fraction of sp³-hybridized carbons (Fsp3) is 0.750. The Morgan fingerprint density at radius 1 is 1.35 bits per heavy atom. The first kappa shape index (κ1) is 13.7. The monoisotopic (exact) mass is 274 g/mol. The van der Waals surface area contributed by atoms with Crippen molar-refractivity contribution < 1.29 is 0 Å². The van der Waals surface area contributed by atoms with E-state index in [1.165, 1.54) is 19.3 Å². The van der Waals surface area contributed by atoms with Crippen molar-refractivity contribution in [1.29, 1.82) is 0 Å². The lowest BCUT2D eigenvalue weighted by atomic mass is 9.68. The maximum atomic E-state index is 5.99. The third-order valence-electron chi connectivity index (χ3n) is 5.88. The average Bonchev–Trinajstić information content (AvgIpc) is 2.86. The average molecular weight is 274 g/mol. The lowest BCUT2D eigenvalue weighted by Crippen LogP contribution is -2.46. The number of aromatic nitrogens is 2. The normalized spacial score (nSPS) is 34.4. The fourth-order valence-electron chi connectivity index (χ4n) is 4.70. The molecule has 2 aliphatic rings. The summed E-state index contributed by atoms with van der Waals surface area (Å²) in [5.41, 5.74) is 7.75. The maximum Gasteiger partial charge on any atom is 0.134 e. The summed E-state index contributed by atoms with van der Waals surface area (Å²) in [7, 11) is 0. The van der Waals surface area contributed by atoms with E-state index in [1.54, 1.807) is 6.33 Å². The highest BCUT2D eigenvalue weighted by Gasteiger charge is 2.59. The van der Waals surface area contributed by atoms with Crippen LogP contribution in [0.25, 0.3) is 0 Å². The number of fused-ring (bicyclic) bond motifs is 2. The van der Waals surface area contributed by atoms with Gasteiger partial charge < -0.3 is 11.1 Å². The lowest BCUT2D eigenvalue weighted by molar-refractivity contribution is 0.155. The van der Waals surface area contributed by atoms with Gasteiger partial charge in [-0.25, -0.2) is 9.97 Å². The molecule has 3 N–H and O–H groups in total. The summed E-state index contributed by atoms with van der Waals surface area (Å²) < 4.78 is 0. The van der Waals surface area contributed by atoms with Gasteiger partial charge in [0, 0.05) is 11.6 Å². The van der Waals surface area contributed by atoms with Crippen molar-refractivity contribution >= 4 is 11.6 Å². The zero-order valence-corrected chi connectivity index (χ0v) is 13.0.